The first-order valence-corrected chi connectivity index (χ1v) is 16.7. The number of carboxylic acids is 1. The van der Waals surface area contributed by atoms with Crippen molar-refractivity contribution >= 4 is 64.5 Å². The fourth-order valence-electron chi connectivity index (χ4n) is 5.21. The number of carbonyl (C=O) groups excluding carboxylic acids is 2. The fraction of sp³-hybridized carbons (Fsp3) is 0.516. The number of nitrogens with one attached hydrogen (secondary N) is 1. The molecule has 0 aliphatic heterocycles. The Balaban J connectivity index is 1.86. The molecule has 2 amide bonds. The Hall–Kier alpha value is -2.13. The van der Waals surface area contributed by atoms with E-state index >= 15 is 0 Å². The quantitative estimate of drug-likeness (QED) is 0.216. The zero-order chi connectivity index (χ0) is 30.7. The van der Waals surface area contributed by atoms with E-state index in [1.54, 1.807) is 11.0 Å². The van der Waals surface area contributed by atoms with Gasteiger partial charge in [0.25, 0.3) is 5.91 Å². The van der Waals surface area contributed by atoms with Crippen LogP contribution in [0.2, 0.25) is 0 Å². The molecule has 230 valence electrons. The van der Waals surface area contributed by atoms with Gasteiger partial charge in [0.15, 0.2) is 0 Å². The summed E-state index contributed by atoms with van der Waals surface area (Å²) >= 11 is 19.0. The van der Waals surface area contributed by atoms with E-state index in [2.05, 4.69) is 5.32 Å². The van der Waals surface area contributed by atoms with Crippen LogP contribution in [-0.2, 0) is 16.0 Å². The van der Waals surface area contributed by atoms with E-state index in [0.717, 1.165) is 42.4 Å². The van der Waals surface area contributed by atoms with Gasteiger partial charge in [0, 0.05) is 18.7 Å². The van der Waals surface area contributed by atoms with E-state index in [1.165, 1.54) is 18.2 Å². The molecule has 0 saturated heterocycles. The van der Waals surface area contributed by atoms with E-state index in [1.807, 2.05) is 49.6 Å². The van der Waals surface area contributed by atoms with Crippen molar-refractivity contribution < 1.29 is 24.2 Å². The van der Waals surface area contributed by atoms with Crippen LogP contribution in [0.25, 0.3) is 11.1 Å². The van der Waals surface area contributed by atoms with Gasteiger partial charge in [-0.15, -0.1) is 0 Å². The normalized spacial score (nSPS) is 14.7. The maximum Gasteiger partial charge on any atom is 0.409 e. The van der Waals surface area contributed by atoms with Gasteiger partial charge in [-0.2, -0.15) is 11.8 Å². The van der Waals surface area contributed by atoms with Crippen molar-refractivity contribution in [3.63, 3.8) is 0 Å². The maximum atomic E-state index is 13.4. The van der Waals surface area contributed by atoms with Gasteiger partial charge < -0.3 is 20.1 Å². The lowest BCUT2D eigenvalue weighted by Crippen LogP contribution is -2.41. The molecule has 0 aromatic heterocycles. The topological polar surface area (TPSA) is 95.9 Å². The predicted molar refractivity (Wildman–Crippen MR) is 172 cm³/mol. The molecule has 11 heteroatoms. The molecule has 2 aromatic rings. The van der Waals surface area contributed by atoms with Gasteiger partial charge in [0.2, 0.25) is 3.79 Å². The number of thioether (sulfide) groups is 1. The molecular weight excluding hydrogens is 619 g/mol. The Bertz CT molecular complexity index is 1220. The Kier molecular flexibility index (Phi) is 13.6. The highest BCUT2D eigenvalue weighted by Crippen LogP contribution is 2.30. The fourth-order valence-corrected chi connectivity index (χ4v) is 5.84. The monoisotopic (exact) mass is 656 g/mol. The Morgan fingerprint density at radius 1 is 1.10 bits per heavy atom. The van der Waals surface area contributed by atoms with Crippen molar-refractivity contribution in [2.75, 3.05) is 31.7 Å². The standard InChI is InChI=1S/C31H39Cl3N2O5S/c1-21-8-6-7-11-24(21)26-18-22(12-13-25(26)28(37)35-27(29(38)39)15-17-42-2)14-16-36(19-23-9-4-3-5-10-23)30(40)41-20-31(32,33)34/h6-8,11-13,18,23,27H,3-5,9-10,14-17,19-20H2,1-2H3,(H,35,37)(H,38,39)/t27-/m0/s1. The molecule has 0 radical (unpaired) electrons. The first kappa shape index (κ1) is 34.4. The van der Waals surface area contributed by atoms with Crippen molar-refractivity contribution in [2.45, 2.75) is 61.7 Å². The molecule has 3 rings (SSSR count). The van der Waals surface area contributed by atoms with E-state index in [-0.39, 0.29) is 6.61 Å². The highest BCUT2D eigenvalue weighted by Gasteiger charge is 2.27. The van der Waals surface area contributed by atoms with Crippen LogP contribution in [0.5, 0.6) is 0 Å². The number of carbonyl (C=O) groups is 3. The molecule has 2 N–H and O–H groups in total. The second kappa shape index (κ2) is 16.6. The van der Waals surface area contributed by atoms with E-state index in [0.29, 0.717) is 48.7 Å². The summed E-state index contributed by atoms with van der Waals surface area (Å²) in [7, 11) is 0. The number of carboxylic acid groups (broad SMARTS) is 1. The van der Waals surface area contributed by atoms with Gasteiger partial charge in [-0.05, 0) is 78.9 Å². The zero-order valence-corrected chi connectivity index (χ0v) is 27.1. The molecule has 42 heavy (non-hydrogen) atoms. The van der Waals surface area contributed by atoms with Gasteiger partial charge in [0.1, 0.15) is 12.6 Å². The number of amides is 2. The minimum absolute atomic E-state index is 0.325. The van der Waals surface area contributed by atoms with Gasteiger partial charge >= 0.3 is 12.1 Å². The number of nitrogens with zero attached hydrogens (tertiary/aromatic N) is 1. The number of ether oxygens (including phenoxy) is 1. The minimum Gasteiger partial charge on any atom is -0.480 e. The molecule has 0 heterocycles. The molecule has 1 fully saturated rings. The lowest BCUT2D eigenvalue weighted by atomic mass is 9.89. The average Bonchev–Trinajstić information content (AvgIpc) is 2.96. The summed E-state index contributed by atoms with van der Waals surface area (Å²) in [5, 5.41) is 12.3. The molecule has 1 aliphatic carbocycles. The van der Waals surface area contributed by atoms with Crippen molar-refractivity contribution in [1.29, 1.82) is 0 Å². The second-order valence-electron chi connectivity index (χ2n) is 10.7. The lowest BCUT2D eigenvalue weighted by Gasteiger charge is -2.30. The van der Waals surface area contributed by atoms with Crippen LogP contribution in [0.4, 0.5) is 4.79 Å². The average molecular weight is 658 g/mol. The number of aryl methyl sites for hydroxylation is 1. The summed E-state index contributed by atoms with van der Waals surface area (Å²) in [6.07, 6.45) is 7.83. The van der Waals surface area contributed by atoms with Crippen molar-refractivity contribution in [3.8, 4) is 11.1 Å². The number of hydrogen-bond donors (Lipinski definition) is 2. The van der Waals surface area contributed by atoms with Crippen LogP contribution in [-0.4, -0.2) is 69.5 Å². The van der Waals surface area contributed by atoms with Crippen LogP contribution >= 0.6 is 46.6 Å². The molecule has 2 aromatic carbocycles. The van der Waals surface area contributed by atoms with E-state index in [9.17, 15) is 19.5 Å². The third kappa shape index (κ3) is 10.9. The molecule has 0 bridgehead atoms. The van der Waals surface area contributed by atoms with Crippen molar-refractivity contribution in [2.24, 2.45) is 5.92 Å². The van der Waals surface area contributed by atoms with Gasteiger partial charge in [-0.25, -0.2) is 9.59 Å². The number of hydrogen-bond acceptors (Lipinski definition) is 5. The Labute approximate surface area is 267 Å². The van der Waals surface area contributed by atoms with Crippen LogP contribution in [0.1, 0.15) is 60.0 Å². The highest BCUT2D eigenvalue weighted by molar-refractivity contribution is 7.98. The summed E-state index contributed by atoms with van der Waals surface area (Å²) < 4.78 is 3.64. The SMILES string of the molecule is CSCC[C@H](NC(=O)c1ccc(CCN(CC2CCCCC2)C(=O)OCC(Cl)(Cl)Cl)cc1-c1ccccc1C)C(=O)O. The molecule has 1 atom stereocenters. The maximum absolute atomic E-state index is 13.4. The van der Waals surface area contributed by atoms with Crippen LogP contribution in [0.3, 0.4) is 0 Å². The third-order valence-electron chi connectivity index (χ3n) is 7.47. The van der Waals surface area contributed by atoms with E-state index < -0.39 is 27.8 Å². The molecule has 1 aliphatic rings. The van der Waals surface area contributed by atoms with Gasteiger partial charge in [-0.3, -0.25) is 4.79 Å². The summed E-state index contributed by atoms with van der Waals surface area (Å²) in [4.78, 5) is 39.9. The van der Waals surface area contributed by atoms with Crippen LogP contribution in [0, 0.1) is 12.8 Å². The third-order valence-corrected chi connectivity index (χ3v) is 8.44. The lowest BCUT2D eigenvalue weighted by molar-refractivity contribution is -0.139. The first-order valence-electron chi connectivity index (χ1n) is 14.2. The molecule has 1 saturated carbocycles. The van der Waals surface area contributed by atoms with Crippen molar-refractivity contribution in [1.82, 2.24) is 10.2 Å². The highest BCUT2D eigenvalue weighted by atomic mass is 35.6. The number of rotatable bonds is 13. The number of halogens is 3. The molecular formula is C31H39Cl3N2O5S. The molecule has 7 nitrogen and oxygen atoms in total. The first-order chi connectivity index (χ1) is 20.0. The van der Waals surface area contributed by atoms with E-state index in [4.69, 9.17) is 39.5 Å². The smallest absolute Gasteiger partial charge is 0.409 e. The minimum atomic E-state index is -1.69. The summed E-state index contributed by atoms with van der Waals surface area (Å²) in [6.45, 7) is 2.59. The second-order valence-corrected chi connectivity index (χ2v) is 14.2. The Morgan fingerprint density at radius 2 is 1.81 bits per heavy atom. The summed E-state index contributed by atoms with van der Waals surface area (Å²) in [6, 6.07) is 12.3. The van der Waals surface area contributed by atoms with Crippen LogP contribution < -0.4 is 5.32 Å². The van der Waals surface area contributed by atoms with Gasteiger partial charge in [-0.1, -0.05) is 90.5 Å². The Morgan fingerprint density at radius 3 is 2.45 bits per heavy atom. The number of aliphatic carboxylic acids is 1. The van der Waals surface area contributed by atoms with Gasteiger partial charge in [0.05, 0.1) is 0 Å². The predicted octanol–water partition coefficient (Wildman–Crippen LogP) is 7.53. The largest absolute Gasteiger partial charge is 0.480 e. The summed E-state index contributed by atoms with van der Waals surface area (Å²) in [5.74, 6) is -0.503. The zero-order valence-electron chi connectivity index (χ0n) is 24.0. The number of benzene rings is 2. The van der Waals surface area contributed by atoms with Crippen molar-refractivity contribution in [3.05, 3.63) is 59.2 Å². The molecule has 0 spiro atoms. The van der Waals surface area contributed by atoms with Crippen LogP contribution in [0.15, 0.2) is 42.5 Å². The number of alkyl halides is 3. The summed E-state index contributed by atoms with van der Waals surface area (Å²) in [5.41, 5.74) is 3.88. The molecule has 0 unspecified atom stereocenters.